The highest BCUT2D eigenvalue weighted by Gasteiger charge is 2.30. The molecule has 1 unspecified atom stereocenters. The third-order valence-corrected chi connectivity index (χ3v) is 7.81. The molecule has 2 amide bonds. The quantitative estimate of drug-likeness (QED) is 0.372. The van der Waals surface area contributed by atoms with Gasteiger partial charge in [-0.1, -0.05) is 72.8 Å². The Morgan fingerprint density at radius 2 is 1.70 bits per heavy atom. The van der Waals surface area contributed by atoms with Gasteiger partial charge in [-0.15, -0.1) is 11.8 Å². The number of amides is 2. The van der Waals surface area contributed by atoms with Gasteiger partial charge in [0.05, 0.1) is 15.8 Å². The first-order valence-electron chi connectivity index (χ1n) is 11.2. The number of benzene rings is 2. The van der Waals surface area contributed by atoms with Gasteiger partial charge in [-0.3, -0.25) is 9.59 Å². The SMILES string of the molecule is CCC(C(=O)NC1CCCC1)N(Cc1ccc(Cl)cc1)C(=O)CSCc1ccc(Cl)c(Cl)c1. The highest BCUT2D eigenvalue weighted by atomic mass is 35.5. The first-order valence-corrected chi connectivity index (χ1v) is 13.5. The summed E-state index contributed by atoms with van der Waals surface area (Å²) in [5.41, 5.74) is 1.94. The molecule has 3 rings (SSSR count). The Hall–Kier alpha value is -1.40. The predicted molar refractivity (Wildman–Crippen MR) is 139 cm³/mol. The van der Waals surface area contributed by atoms with Crippen molar-refractivity contribution < 1.29 is 9.59 Å². The van der Waals surface area contributed by atoms with Crippen molar-refractivity contribution in [1.82, 2.24) is 10.2 Å². The molecule has 2 aromatic carbocycles. The average molecular weight is 528 g/mol. The van der Waals surface area contributed by atoms with Crippen LogP contribution in [0.1, 0.15) is 50.2 Å². The summed E-state index contributed by atoms with van der Waals surface area (Å²) < 4.78 is 0. The summed E-state index contributed by atoms with van der Waals surface area (Å²) >= 11 is 19.6. The van der Waals surface area contributed by atoms with E-state index in [1.54, 1.807) is 23.1 Å². The van der Waals surface area contributed by atoms with Crippen LogP contribution in [0.5, 0.6) is 0 Å². The van der Waals surface area contributed by atoms with E-state index in [0.29, 0.717) is 33.8 Å². The number of carbonyl (C=O) groups excluding carboxylic acids is 2. The molecular weight excluding hydrogens is 499 g/mol. The Balaban J connectivity index is 1.69. The number of thioether (sulfide) groups is 1. The van der Waals surface area contributed by atoms with Gasteiger partial charge in [0, 0.05) is 23.4 Å². The summed E-state index contributed by atoms with van der Waals surface area (Å²) in [6.45, 7) is 2.31. The van der Waals surface area contributed by atoms with Crippen molar-refractivity contribution in [2.45, 2.75) is 63.4 Å². The molecule has 178 valence electrons. The molecule has 0 radical (unpaired) electrons. The van der Waals surface area contributed by atoms with E-state index in [1.165, 1.54) is 11.8 Å². The van der Waals surface area contributed by atoms with Gasteiger partial charge < -0.3 is 10.2 Å². The summed E-state index contributed by atoms with van der Waals surface area (Å²) in [5, 5.41) is 4.81. The van der Waals surface area contributed by atoms with E-state index in [1.807, 2.05) is 31.2 Å². The zero-order valence-corrected chi connectivity index (χ0v) is 21.7. The molecule has 1 aliphatic rings. The van der Waals surface area contributed by atoms with Crippen molar-refractivity contribution in [2.75, 3.05) is 5.75 Å². The van der Waals surface area contributed by atoms with Crippen molar-refractivity contribution in [3.8, 4) is 0 Å². The summed E-state index contributed by atoms with van der Waals surface area (Å²) in [7, 11) is 0. The maximum atomic E-state index is 13.3. The number of nitrogens with zero attached hydrogens (tertiary/aromatic N) is 1. The van der Waals surface area contributed by atoms with Crippen LogP contribution >= 0.6 is 46.6 Å². The summed E-state index contributed by atoms with van der Waals surface area (Å²) in [5.74, 6) is 0.758. The maximum Gasteiger partial charge on any atom is 0.243 e. The van der Waals surface area contributed by atoms with E-state index in [2.05, 4.69) is 5.32 Å². The van der Waals surface area contributed by atoms with Crippen molar-refractivity contribution in [2.24, 2.45) is 0 Å². The second-order valence-corrected chi connectivity index (χ2v) is 10.5. The van der Waals surface area contributed by atoms with Crippen LogP contribution in [0.15, 0.2) is 42.5 Å². The molecule has 0 saturated heterocycles. The lowest BCUT2D eigenvalue weighted by Crippen LogP contribution is -2.51. The molecule has 0 aromatic heterocycles. The van der Waals surface area contributed by atoms with E-state index in [4.69, 9.17) is 34.8 Å². The molecule has 1 N–H and O–H groups in total. The van der Waals surface area contributed by atoms with Crippen LogP contribution in [0.3, 0.4) is 0 Å². The minimum atomic E-state index is -0.514. The Morgan fingerprint density at radius 3 is 2.33 bits per heavy atom. The molecular formula is C25H29Cl3N2O2S. The van der Waals surface area contributed by atoms with Crippen LogP contribution in [0.4, 0.5) is 0 Å². The van der Waals surface area contributed by atoms with Crippen LogP contribution in [0.2, 0.25) is 15.1 Å². The van der Waals surface area contributed by atoms with Gasteiger partial charge >= 0.3 is 0 Å². The van der Waals surface area contributed by atoms with Gasteiger partial charge in [-0.2, -0.15) is 0 Å². The second kappa shape index (κ2) is 12.9. The van der Waals surface area contributed by atoms with Crippen LogP contribution < -0.4 is 5.32 Å². The van der Waals surface area contributed by atoms with Gasteiger partial charge in [-0.05, 0) is 54.7 Å². The number of nitrogens with one attached hydrogen (secondary N) is 1. The molecule has 0 spiro atoms. The number of rotatable bonds is 10. The average Bonchev–Trinajstić information content (AvgIpc) is 3.30. The molecule has 1 aliphatic carbocycles. The lowest BCUT2D eigenvalue weighted by molar-refractivity contribution is -0.139. The van der Waals surface area contributed by atoms with Gasteiger partial charge in [0.2, 0.25) is 11.8 Å². The minimum absolute atomic E-state index is 0.0663. The smallest absolute Gasteiger partial charge is 0.243 e. The van der Waals surface area contributed by atoms with E-state index in [-0.39, 0.29) is 23.6 Å². The highest BCUT2D eigenvalue weighted by Crippen LogP contribution is 2.25. The zero-order valence-electron chi connectivity index (χ0n) is 18.7. The monoisotopic (exact) mass is 526 g/mol. The van der Waals surface area contributed by atoms with Gasteiger partial charge in [0.1, 0.15) is 6.04 Å². The predicted octanol–water partition coefficient (Wildman–Crippen LogP) is 6.75. The van der Waals surface area contributed by atoms with Crippen molar-refractivity contribution in [1.29, 1.82) is 0 Å². The fourth-order valence-corrected chi connectivity index (χ4v) is 5.35. The Kier molecular flexibility index (Phi) is 10.2. The van der Waals surface area contributed by atoms with Crippen molar-refractivity contribution in [3.63, 3.8) is 0 Å². The molecule has 33 heavy (non-hydrogen) atoms. The number of halogens is 3. The third-order valence-electron chi connectivity index (χ3n) is 5.83. The molecule has 0 aliphatic heterocycles. The van der Waals surface area contributed by atoms with E-state index >= 15 is 0 Å². The first kappa shape index (κ1) is 26.2. The normalized spacial score (nSPS) is 14.8. The fraction of sp³-hybridized carbons (Fsp3) is 0.440. The van der Waals surface area contributed by atoms with Crippen LogP contribution in [-0.4, -0.2) is 34.6 Å². The summed E-state index contributed by atoms with van der Waals surface area (Å²) in [6.07, 6.45) is 4.84. The molecule has 8 heteroatoms. The molecule has 1 fully saturated rings. The van der Waals surface area contributed by atoms with Crippen LogP contribution in [0, 0.1) is 0 Å². The molecule has 1 saturated carbocycles. The fourth-order valence-electron chi connectivity index (χ4n) is 4.04. The first-order chi connectivity index (χ1) is 15.9. The third kappa shape index (κ3) is 7.81. The minimum Gasteiger partial charge on any atom is -0.352 e. The Morgan fingerprint density at radius 1 is 1.03 bits per heavy atom. The zero-order chi connectivity index (χ0) is 23.8. The second-order valence-electron chi connectivity index (χ2n) is 8.30. The van der Waals surface area contributed by atoms with Crippen molar-refractivity contribution in [3.05, 3.63) is 68.7 Å². The molecule has 2 aromatic rings. The lowest BCUT2D eigenvalue weighted by atomic mass is 10.1. The topological polar surface area (TPSA) is 49.4 Å². The summed E-state index contributed by atoms with van der Waals surface area (Å²) in [4.78, 5) is 28.1. The Bertz CT molecular complexity index is 949. The molecule has 1 atom stereocenters. The molecule has 0 bridgehead atoms. The summed E-state index contributed by atoms with van der Waals surface area (Å²) in [6, 6.07) is 12.6. The molecule has 0 heterocycles. The van der Waals surface area contributed by atoms with Crippen molar-refractivity contribution >= 4 is 58.4 Å². The van der Waals surface area contributed by atoms with Crippen LogP contribution in [0.25, 0.3) is 0 Å². The number of hydrogen-bond donors (Lipinski definition) is 1. The number of hydrogen-bond acceptors (Lipinski definition) is 3. The lowest BCUT2D eigenvalue weighted by Gasteiger charge is -2.31. The van der Waals surface area contributed by atoms with Crippen LogP contribution in [-0.2, 0) is 21.9 Å². The standard InChI is InChI=1S/C25H29Cl3N2O2S/c1-2-23(25(32)29-20-5-3-4-6-20)30(14-17-7-10-19(26)11-8-17)24(31)16-33-15-18-9-12-21(27)22(28)13-18/h7-13,20,23H,2-6,14-16H2,1H3,(H,29,32). The number of carbonyl (C=O) groups is 2. The van der Waals surface area contributed by atoms with Gasteiger partial charge in [0.15, 0.2) is 0 Å². The highest BCUT2D eigenvalue weighted by molar-refractivity contribution is 7.99. The largest absolute Gasteiger partial charge is 0.352 e. The maximum absolute atomic E-state index is 13.3. The van der Waals surface area contributed by atoms with E-state index in [0.717, 1.165) is 36.8 Å². The Labute approximate surface area is 215 Å². The molecule has 4 nitrogen and oxygen atoms in total. The van der Waals surface area contributed by atoms with E-state index < -0.39 is 6.04 Å². The van der Waals surface area contributed by atoms with Gasteiger partial charge in [-0.25, -0.2) is 0 Å². The van der Waals surface area contributed by atoms with Gasteiger partial charge in [0.25, 0.3) is 0 Å². The van der Waals surface area contributed by atoms with E-state index in [9.17, 15) is 9.59 Å².